The summed E-state index contributed by atoms with van der Waals surface area (Å²) in [5.74, 6) is 0. The number of likely N-dealkylation sites (tertiary alicyclic amines) is 1. The number of nitrogens with zero attached hydrogens (tertiary/aromatic N) is 1. The molecule has 1 unspecified atom stereocenters. The van der Waals surface area contributed by atoms with Crippen molar-refractivity contribution in [3.63, 3.8) is 0 Å². The van der Waals surface area contributed by atoms with Crippen LogP contribution in [0.4, 0.5) is 0 Å². The van der Waals surface area contributed by atoms with Crippen LogP contribution in [0.1, 0.15) is 22.5 Å². The summed E-state index contributed by atoms with van der Waals surface area (Å²) in [7, 11) is 0. The van der Waals surface area contributed by atoms with Gasteiger partial charge in [-0.15, -0.1) is 0 Å². The standard InChI is InChI=1S/C12H16INO/c13-12(10-5-2-1-3-6-10)14-8-4-7-11(14)9-15/h1-3,5-6,11-12,15H,4,7-9H2/t11-,12?/m1/s1. The molecule has 1 aromatic carbocycles. The molecule has 1 heterocycles. The molecule has 0 amide bonds. The molecule has 82 valence electrons. The molecule has 0 aromatic heterocycles. The number of aliphatic hydroxyl groups excluding tert-OH is 1. The molecule has 15 heavy (non-hydrogen) atoms. The van der Waals surface area contributed by atoms with E-state index >= 15 is 0 Å². The zero-order valence-corrected chi connectivity index (χ0v) is 10.8. The average molecular weight is 317 g/mol. The van der Waals surface area contributed by atoms with Crippen molar-refractivity contribution in [1.82, 2.24) is 4.90 Å². The lowest BCUT2D eigenvalue weighted by atomic mass is 10.2. The summed E-state index contributed by atoms with van der Waals surface area (Å²) in [5.41, 5.74) is 1.33. The second-order valence-corrected chi connectivity index (χ2v) is 5.14. The Hall–Kier alpha value is -0.130. The molecule has 1 aromatic rings. The van der Waals surface area contributed by atoms with Crippen molar-refractivity contribution in [3.05, 3.63) is 35.9 Å². The van der Waals surface area contributed by atoms with Gasteiger partial charge in [-0.25, -0.2) is 0 Å². The molecule has 1 fully saturated rings. The Morgan fingerprint density at radius 1 is 1.40 bits per heavy atom. The molecule has 2 atom stereocenters. The van der Waals surface area contributed by atoms with Crippen molar-refractivity contribution >= 4 is 22.6 Å². The molecule has 1 aliphatic rings. The highest BCUT2D eigenvalue weighted by Gasteiger charge is 2.29. The first kappa shape index (κ1) is 11.4. The minimum absolute atomic E-state index is 0.284. The van der Waals surface area contributed by atoms with E-state index in [9.17, 15) is 5.11 Å². The maximum absolute atomic E-state index is 9.29. The quantitative estimate of drug-likeness (QED) is 0.526. The monoisotopic (exact) mass is 317 g/mol. The average Bonchev–Trinajstić information content (AvgIpc) is 2.77. The van der Waals surface area contributed by atoms with Crippen molar-refractivity contribution in [1.29, 1.82) is 0 Å². The van der Waals surface area contributed by atoms with E-state index in [0.717, 1.165) is 13.0 Å². The summed E-state index contributed by atoms with van der Waals surface area (Å²) in [6.45, 7) is 1.39. The third-order valence-corrected chi connectivity index (χ3v) is 4.43. The van der Waals surface area contributed by atoms with Gasteiger partial charge in [0.15, 0.2) is 0 Å². The lowest BCUT2D eigenvalue weighted by Gasteiger charge is -2.28. The summed E-state index contributed by atoms with van der Waals surface area (Å²) in [5, 5.41) is 9.29. The lowest BCUT2D eigenvalue weighted by molar-refractivity contribution is 0.155. The highest BCUT2D eigenvalue weighted by molar-refractivity contribution is 14.1. The Kier molecular flexibility index (Phi) is 3.99. The maximum atomic E-state index is 9.29. The molecule has 1 aliphatic heterocycles. The molecular weight excluding hydrogens is 301 g/mol. The van der Waals surface area contributed by atoms with E-state index < -0.39 is 0 Å². The number of aliphatic hydroxyl groups is 1. The smallest absolute Gasteiger partial charge is 0.0877 e. The minimum atomic E-state index is 0.284. The summed E-state index contributed by atoms with van der Waals surface area (Å²) in [4.78, 5) is 2.40. The Bertz CT molecular complexity index is 304. The largest absolute Gasteiger partial charge is 0.395 e. The molecule has 0 spiro atoms. The lowest BCUT2D eigenvalue weighted by Crippen LogP contribution is -2.33. The second kappa shape index (κ2) is 5.27. The van der Waals surface area contributed by atoms with E-state index in [1.807, 2.05) is 6.07 Å². The number of hydrogen-bond acceptors (Lipinski definition) is 2. The van der Waals surface area contributed by atoms with Gasteiger partial charge in [0, 0.05) is 6.04 Å². The van der Waals surface area contributed by atoms with Crippen LogP contribution in [0.5, 0.6) is 0 Å². The summed E-state index contributed by atoms with van der Waals surface area (Å²) in [6.07, 6.45) is 2.33. The summed E-state index contributed by atoms with van der Waals surface area (Å²) in [6, 6.07) is 10.9. The Morgan fingerprint density at radius 3 is 2.80 bits per heavy atom. The zero-order chi connectivity index (χ0) is 10.7. The fourth-order valence-electron chi connectivity index (χ4n) is 2.16. The van der Waals surface area contributed by atoms with Crippen LogP contribution in [0.15, 0.2) is 30.3 Å². The van der Waals surface area contributed by atoms with Gasteiger partial charge in [-0.05, 0) is 24.9 Å². The first-order valence-electron chi connectivity index (χ1n) is 5.38. The van der Waals surface area contributed by atoms with Crippen LogP contribution in [-0.4, -0.2) is 29.2 Å². The SMILES string of the molecule is OC[C@H]1CCCN1C(I)c1ccccc1. The fourth-order valence-corrected chi connectivity index (χ4v) is 3.30. The highest BCUT2D eigenvalue weighted by Crippen LogP contribution is 2.33. The van der Waals surface area contributed by atoms with Crippen LogP contribution in [0, 0.1) is 0 Å². The van der Waals surface area contributed by atoms with Crippen LogP contribution >= 0.6 is 22.6 Å². The fraction of sp³-hybridized carbons (Fsp3) is 0.500. The van der Waals surface area contributed by atoms with Crippen LogP contribution in [0.2, 0.25) is 0 Å². The molecule has 1 N–H and O–H groups in total. The molecule has 2 rings (SSSR count). The zero-order valence-electron chi connectivity index (χ0n) is 8.64. The molecule has 0 bridgehead atoms. The molecule has 0 aliphatic carbocycles. The minimum Gasteiger partial charge on any atom is -0.395 e. The molecule has 3 heteroatoms. The van der Waals surface area contributed by atoms with Crippen molar-refractivity contribution < 1.29 is 5.11 Å². The van der Waals surface area contributed by atoms with Gasteiger partial charge in [0.2, 0.25) is 0 Å². The number of halogens is 1. The van der Waals surface area contributed by atoms with Gasteiger partial charge >= 0.3 is 0 Å². The maximum Gasteiger partial charge on any atom is 0.0877 e. The number of hydrogen-bond donors (Lipinski definition) is 1. The number of rotatable bonds is 3. The predicted molar refractivity (Wildman–Crippen MR) is 70.0 cm³/mol. The third-order valence-electron chi connectivity index (χ3n) is 3.00. The van der Waals surface area contributed by atoms with Crippen molar-refractivity contribution in [2.24, 2.45) is 0 Å². The van der Waals surface area contributed by atoms with Gasteiger partial charge in [-0.1, -0.05) is 52.9 Å². The van der Waals surface area contributed by atoms with E-state index in [1.165, 1.54) is 12.0 Å². The van der Waals surface area contributed by atoms with E-state index in [0.29, 0.717) is 10.1 Å². The Balaban J connectivity index is 2.10. The highest BCUT2D eigenvalue weighted by atomic mass is 127. The van der Waals surface area contributed by atoms with Gasteiger partial charge in [0.1, 0.15) is 0 Å². The van der Waals surface area contributed by atoms with E-state index in [2.05, 4.69) is 51.8 Å². The molecule has 0 radical (unpaired) electrons. The second-order valence-electron chi connectivity index (χ2n) is 3.96. The van der Waals surface area contributed by atoms with Crippen LogP contribution in [0.3, 0.4) is 0 Å². The van der Waals surface area contributed by atoms with E-state index in [-0.39, 0.29) is 6.61 Å². The van der Waals surface area contributed by atoms with Gasteiger partial charge in [0.25, 0.3) is 0 Å². The van der Waals surface area contributed by atoms with Gasteiger partial charge in [0.05, 0.1) is 10.7 Å². The molecule has 2 nitrogen and oxygen atoms in total. The van der Waals surface area contributed by atoms with Gasteiger partial charge in [-0.3, -0.25) is 4.90 Å². The van der Waals surface area contributed by atoms with Crippen LogP contribution in [0.25, 0.3) is 0 Å². The van der Waals surface area contributed by atoms with Crippen LogP contribution < -0.4 is 0 Å². The molecule has 1 saturated heterocycles. The van der Waals surface area contributed by atoms with E-state index in [1.54, 1.807) is 0 Å². The third kappa shape index (κ3) is 2.52. The summed E-state index contributed by atoms with van der Waals surface area (Å²) < 4.78 is 0.392. The first-order valence-corrected chi connectivity index (χ1v) is 6.63. The van der Waals surface area contributed by atoms with Crippen molar-refractivity contribution in [2.75, 3.05) is 13.2 Å². The number of alkyl halides is 1. The normalized spacial score (nSPS) is 24.3. The predicted octanol–water partition coefficient (Wildman–Crippen LogP) is 2.58. The van der Waals surface area contributed by atoms with Crippen molar-refractivity contribution in [2.45, 2.75) is 22.9 Å². The van der Waals surface area contributed by atoms with Crippen LogP contribution in [-0.2, 0) is 0 Å². The summed E-state index contributed by atoms with van der Waals surface area (Å²) >= 11 is 2.46. The van der Waals surface area contributed by atoms with Gasteiger partial charge < -0.3 is 5.11 Å². The number of benzene rings is 1. The van der Waals surface area contributed by atoms with Crippen molar-refractivity contribution in [3.8, 4) is 0 Å². The topological polar surface area (TPSA) is 23.5 Å². The Morgan fingerprint density at radius 2 is 2.13 bits per heavy atom. The van der Waals surface area contributed by atoms with Gasteiger partial charge in [-0.2, -0.15) is 0 Å². The first-order chi connectivity index (χ1) is 7.33. The van der Waals surface area contributed by atoms with E-state index in [4.69, 9.17) is 0 Å². The molecular formula is C12H16INO. The molecule has 0 saturated carbocycles. The Labute approximate surface area is 104 Å².